The zero-order chi connectivity index (χ0) is 22.2. The van der Waals surface area contributed by atoms with E-state index in [1.165, 1.54) is 6.07 Å². The zero-order valence-corrected chi connectivity index (χ0v) is 18.0. The SMILES string of the molecule is CCNC(=NCc1ccc(Oc2cccnc2)c(F)c1)N1CCN(c2ncccn2)CC1. The molecule has 2 aromatic heterocycles. The number of guanidine groups is 1. The summed E-state index contributed by atoms with van der Waals surface area (Å²) < 4.78 is 20.1. The number of aliphatic imine (C=N–C) groups is 1. The molecule has 0 atom stereocenters. The number of halogens is 1. The minimum atomic E-state index is -0.428. The van der Waals surface area contributed by atoms with Gasteiger partial charge in [0, 0.05) is 51.3 Å². The first kappa shape index (κ1) is 21.5. The highest BCUT2D eigenvalue weighted by molar-refractivity contribution is 5.80. The number of nitrogens with one attached hydrogen (secondary N) is 1. The van der Waals surface area contributed by atoms with Gasteiger partial charge in [-0.25, -0.2) is 19.4 Å². The molecular formula is C23H26FN7O. The van der Waals surface area contributed by atoms with Crippen LogP contribution in [0.1, 0.15) is 12.5 Å². The van der Waals surface area contributed by atoms with E-state index < -0.39 is 5.82 Å². The van der Waals surface area contributed by atoms with E-state index in [0.29, 0.717) is 12.3 Å². The molecule has 9 heteroatoms. The zero-order valence-electron chi connectivity index (χ0n) is 18.0. The smallest absolute Gasteiger partial charge is 0.225 e. The van der Waals surface area contributed by atoms with E-state index in [-0.39, 0.29) is 5.75 Å². The Kier molecular flexibility index (Phi) is 7.06. The van der Waals surface area contributed by atoms with E-state index in [4.69, 9.17) is 9.73 Å². The van der Waals surface area contributed by atoms with Crippen molar-refractivity contribution >= 4 is 11.9 Å². The van der Waals surface area contributed by atoms with Gasteiger partial charge in [-0.05, 0) is 42.8 Å². The molecule has 0 saturated carbocycles. The third-order valence-electron chi connectivity index (χ3n) is 5.02. The fourth-order valence-corrected chi connectivity index (χ4v) is 3.42. The quantitative estimate of drug-likeness (QED) is 0.471. The maximum atomic E-state index is 14.5. The number of rotatable bonds is 6. The van der Waals surface area contributed by atoms with Crippen molar-refractivity contribution in [2.24, 2.45) is 4.99 Å². The van der Waals surface area contributed by atoms with E-state index in [9.17, 15) is 4.39 Å². The number of nitrogens with zero attached hydrogens (tertiary/aromatic N) is 6. The van der Waals surface area contributed by atoms with Crippen molar-refractivity contribution in [2.45, 2.75) is 13.5 Å². The van der Waals surface area contributed by atoms with Crippen LogP contribution in [0, 0.1) is 5.82 Å². The Labute approximate surface area is 186 Å². The molecule has 8 nitrogen and oxygen atoms in total. The van der Waals surface area contributed by atoms with Crippen LogP contribution in [-0.4, -0.2) is 58.5 Å². The van der Waals surface area contributed by atoms with E-state index in [0.717, 1.165) is 50.2 Å². The van der Waals surface area contributed by atoms with Crippen molar-refractivity contribution in [1.29, 1.82) is 0 Å². The number of anilines is 1. The average molecular weight is 436 g/mol. The summed E-state index contributed by atoms with van der Waals surface area (Å²) in [6, 6.07) is 10.2. The van der Waals surface area contributed by atoms with Crippen LogP contribution in [0.3, 0.4) is 0 Å². The highest BCUT2D eigenvalue weighted by Crippen LogP contribution is 2.24. The molecule has 1 aliphatic heterocycles. The van der Waals surface area contributed by atoms with Gasteiger partial charge in [0.05, 0.1) is 12.7 Å². The van der Waals surface area contributed by atoms with E-state index in [2.05, 4.69) is 30.1 Å². The van der Waals surface area contributed by atoms with Crippen molar-refractivity contribution in [3.05, 3.63) is 72.6 Å². The maximum Gasteiger partial charge on any atom is 0.225 e. The number of piperazine rings is 1. The Morgan fingerprint density at radius 2 is 1.91 bits per heavy atom. The number of hydrogen-bond donors (Lipinski definition) is 1. The lowest BCUT2D eigenvalue weighted by molar-refractivity contribution is 0.370. The van der Waals surface area contributed by atoms with Gasteiger partial charge in [-0.2, -0.15) is 0 Å². The summed E-state index contributed by atoms with van der Waals surface area (Å²) in [5.74, 6) is 1.79. The number of benzene rings is 1. The molecule has 0 unspecified atom stereocenters. The predicted octanol–water partition coefficient (Wildman–Crippen LogP) is 3.09. The highest BCUT2D eigenvalue weighted by Gasteiger charge is 2.21. The molecule has 32 heavy (non-hydrogen) atoms. The molecule has 1 fully saturated rings. The minimum Gasteiger partial charge on any atom is -0.453 e. The van der Waals surface area contributed by atoms with Gasteiger partial charge in [0.15, 0.2) is 17.5 Å². The second-order valence-corrected chi connectivity index (χ2v) is 7.25. The molecule has 0 bridgehead atoms. The molecule has 0 amide bonds. The monoisotopic (exact) mass is 435 g/mol. The van der Waals surface area contributed by atoms with Crippen molar-refractivity contribution < 1.29 is 9.13 Å². The Balaban J connectivity index is 1.38. The van der Waals surface area contributed by atoms with Gasteiger partial charge in [0.25, 0.3) is 0 Å². The number of pyridine rings is 1. The average Bonchev–Trinajstić information content (AvgIpc) is 2.85. The molecule has 166 valence electrons. The summed E-state index contributed by atoms with van der Waals surface area (Å²) in [6.07, 6.45) is 6.70. The van der Waals surface area contributed by atoms with Crippen LogP contribution >= 0.6 is 0 Å². The van der Waals surface area contributed by atoms with Gasteiger partial charge in [-0.3, -0.25) is 4.98 Å². The molecule has 1 aromatic carbocycles. The van der Waals surface area contributed by atoms with Crippen molar-refractivity contribution in [1.82, 2.24) is 25.2 Å². The first-order chi connectivity index (χ1) is 15.7. The first-order valence-corrected chi connectivity index (χ1v) is 10.6. The van der Waals surface area contributed by atoms with Crippen molar-refractivity contribution in [3.8, 4) is 11.5 Å². The molecule has 3 aromatic rings. The van der Waals surface area contributed by atoms with Crippen molar-refractivity contribution in [3.63, 3.8) is 0 Å². The third kappa shape index (κ3) is 5.48. The first-order valence-electron chi connectivity index (χ1n) is 10.6. The van der Waals surface area contributed by atoms with E-state index >= 15 is 0 Å². The summed E-state index contributed by atoms with van der Waals surface area (Å²) in [5.41, 5.74) is 0.771. The molecule has 0 aliphatic carbocycles. The Morgan fingerprint density at radius 1 is 1.09 bits per heavy atom. The van der Waals surface area contributed by atoms with Crippen LogP contribution in [0.2, 0.25) is 0 Å². The van der Waals surface area contributed by atoms with Crippen molar-refractivity contribution in [2.75, 3.05) is 37.6 Å². The van der Waals surface area contributed by atoms with Crippen LogP contribution < -0.4 is 15.0 Å². The largest absolute Gasteiger partial charge is 0.453 e. The van der Waals surface area contributed by atoms with E-state index in [1.54, 1.807) is 43.0 Å². The topological polar surface area (TPSA) is 78.8 Å². The molecule has 1 N–H and O–H groups in total. The van der Waals surface area contributed by atoms with Crippen LogP contribution in [-0.2, 0) is 6.54 Å². The Hall–Kier alpha value is -3.75. The molecule has 1 aliphatic rings. The number of ether oxygens (including phenoxy) is 1. The summed E-state index contributed by atoms with van der Waals surface area (Å²) in [5, 5.41) is 3.34. The van der Waals surface area contributed by atoms with Crippen LogP contribution in [0.4, 0.5) is 10.3 Å². The second-order valence-electron chi connectivity index (χ2n) is 7.25. The molecule has 1 saturated heterocycles. The van der Waals surface area contributed by atoms with E-state index in [1.807, 2.05) is 19.1 Å². The number of hydrogen-bond acceptors (Lipinski definition) is 6. The highest BCUT2D eigenvalue weighted by atomic mass is 19.1. The third-order valence-corrected chi connectivity index (χ3v) is 5.02. The standard InChI is InChI=1S/C23H26FN7O/c1-2-26-22(30-11-13-31(14-12-30)23-27-9-4-10-28-23)29-16-18-6-7-21(20(24)15-18)32-19-5-3-8-25-17-19/h3-10,15,17H,2,11-14,16H2,1H3,(H,26,29). The molecule has 4 rings (SSSR count). The summed E-state index contributed by atoms with van der Waals surface area (Å²) in [7, 11) is 0. The van der Waals surface area contributed by atoms with Gasteiger partial charge in [0.2, 0.25) is 5.95 Å². The molecular weight excluding hydrogens is 409 g/mol. The lowest BCUT2D eigenvalue weighted by atomic mass is 10.2. The summed E-state index contributed by atoms with van der Waals surface area (Å²) in [6.45, 7) is 6.38. The van der Waals surface area contributed by atoms with Crippen LogP contribution in [0.5, 0.6) is 11.5 Å². The summed E-state index contributed by atoms with van der Waals surface area (Å²) in [4.78, 5) is 21.7. The summed E-state index contributed by atoms with van der Waals surface area (Å²) >= 11 is 0. The predicted molar refractivity (Wildman–Crippen MR) is 121 cm³/mol. The van der Waals surface area contributed by atoms with Crippen LogP contribution in [0.25, 0.3) is 0 Å². The van der Waals surface area contributed by atoms with Gasteiger partial charge in [-0.1, -0.05) is 6.07 Å². The Morgan fingerprint density at radius 3 is 2.59 bits per heavy atom. The molecule has 0 radical (unpaired) electrons. The fourth-order valence-electron chi connectivity index (χ4n) is 3.42. The minimum absolute atomic E-state index is 0.164. The fraction of sp³-hybridized carbons (Fsp3) is 0.304. The molecule has 0 spiro atoms. The number of aromatic nitrogens is 3. The Bertz CT molecular complexity index is 1030. The van der Waals surface area contributed by atoms with Gasteiger partial charge in [-0.15, -0.1) is 0 Å². The maximum absolute atomic E-state index is 14.5. The molecule has 3 heterocycles. The van der Waals surface area contributed by atoms with Gasteiger partial charge in [0.1, 0.15) is 5.75 Å². The second kappa shape index (κ2) is 10.5. The lowest BCUT2D eigenvalue weighted by Crippen LogP contribution is -2.52. The lowest BCUT2D eigenvalue weighted by Gasteiger charge is -2.36. The van der Waals surface area contributed by atoms with Crippen LogP contribution in [0.15, 0.2) is 66.2 Å². The normalized spacial score (nSPS) is 14.4. The van der Waals surface area contributed by atoms with Gasteiger partial charge >= 0.3 is 0 Å². The van der Waals surface area contributed by atoms with Gasteiger partial charge < -0.3 is 19.9 Å².